The molecule has 2 aromatic rings. The number of aromatic nitrogens is 3. The summed E-state index contributed by atoms with van der Waals surface area (Å²) in [4.78, 5) is 16.6. The first-order chi connectivity index (χ1) is 8.17. The van der Waals surface area contributed by atoms with Crippen LogP contribution in [0.25, 0.3) is 10.7 Å². The number of carbonyl (C=O) groups is 1. The predicted octanol–water partition coefficient (Wildman–Crippen LogP) is 2.12. The topological polar surface area (TPSA) is 57.0 Å². The molecule has 17 heavy (non-hydrogen) atoms. The molecule has 0 aromatic carbocycles. The molecule has 0 bridgehead atoms. The number of rotatable bonds is 3. The predicted molar refractivity (Wildman–Crippen MR) is 65.1 cm³/mol. The summed E-state index contributed by atoms with van der Waals surface area (Å²) < 4.78 is 6.53. The first kappa shape index (κ1) is 11.8. The third kappa shape index (κ3) is 2.08. The summed E-state index contributed by atoms with van der Waals surface area (Å²) >= 11 is 1.47. The molecule has 5 nitrogen and oxygen atoms in total. The Hall–Kier alpha value is -1.69. The molecule has 0 aliphatic rings. The van der Waals surface area contributed by atoms with Crippen LogP contribution in [0.2, 0.25) is 0 Å². The van der Waals surface area contributed by atoms with E-state index in [9.17, 15) is 4.79 Å². The second kappa shape index (κ2) is 4.67. The Morgan fingerprint density at radius 3 is 3.00 bits per heavy atom. The molecule has 0 fully saturated rings. The van der Waals surface area contributed by atoms with E-state index in [4.69, 9.17) is 0 Å². The number of aryl methyl sites for hydroxylation is 2. The Bertz CT molecular complexity index is 545. The number of ether oxygens (including phenoxy) is 1. The average molecular weight is 251 g/mol. The third-order valence-corrected chi connectivity index (χ3v) is 3.40. The normalized spacial score (nSPS) is 10.5. The quantitative estimate of drug-likeness (QED) is 0.784. The van der Waals surface area contributed by atoms with Gasteiger partial charge in [-0.05, 0) is 19.9 Å². The van der Waals surface area contributed by atoms with Crippen LogP contribution in [0.1, 0.15) is 22.3 Å². The number of hydrogen-bond donors (Lipinski definition) is 0. The molecule has 0 radical (unpaired) electrons. The van der Waals surface area contributed by atoms with Gasteiger partial charge < -0.3 is 4.74 Å². The molecule has 2 aromatic heterocycles. The largest absolute Gasteiger partial charge is 0.464 e. The maximum Gasteiger partial charge on any atom is 0.357 e. The molecule has 0 unspecified atom stereocenters. The summed E-state index contributed by atoms with van der Waals surface area (Å²) in [6.07, 6.45) is 1.73. The van der Waals surface area contributed by atoms with E-state index < -0.39 is 5.97 Å². The van der Waals surface area contributed by atoms with Gasteiger partial charge in [-0.2, -0.15) is 5.10 Å². The van der Waals surface area contributed by atoms with E-state index in [0.29, 0.717) is 5.69 Å². The summed E-state index contributed by atoms with van der Waals surface area (Å²) in [5.74, 6) is -0.396. The Morgan fingerprint density at radius 2 is 2.35 bits per heavy atom. The van der Waals surface area contributed by atoms with E-state index in [1.165, 1.54) is 18.4 Å². The van der Waals surface area contributed by atoms with Gasteiger partial charge >= 0.3 is 5.97 Å². The van der Waals surface area contributed by atoms with Crippen molar-refractivity contribution in [1.29, 1.82) is 0 Å². The maximum atomic E-state index is 11.5. The van der Waals surface area contributed by atoms with Crippen LogP contribution in [0.15, 0.2) is 12.3 Å². The third-order valence-electron chi connectivity index (χ3n) is 2.41. The lowest BCUT2D eigenvalue weighted by Crippen LogP contribution is -2.03. The lowest BCUT2D eigenvalue weighted by Gasteiger charge is -1.99. The molecule has 0 N–H and O–H groups in total. The average Bonchev–Trinajstić information content (AvgIpc) is 2.93. The minimum Gasteiger partial charge on any atom is -0.464 e. The van der Waals surface area contributed by atoms with Gasteiger partial charge in [0, 0.05) is 17.6 Å². The van der Waals surface area contributed by atoms with E-state index in [1.54, 1.807) is 6.20 Å². The summed E-state index contributed by atoms with van der Waals surface area (Å²) in [5.41, 5.74) is 1.31. The van der Waals surface area contributed by atoms with Gasteiger partial charge in [0.2, 0.25) is 0 Å². The van der Waals surface area contributed by atoms with Crippen LogP contribution in [0.3, 0.4) is 0 Å². The van der Waals surface area contributed by atoms with Gasteiger partial charge in [-0.3, -0.25) is 4.68 Å². The van der Waals surface area contributed by atoms with Crippen LogP contribution in [-0.2, 0) is 11.3 Å². The highest BCUT2D eigenvalue weighted by atomic mass is 32.1. The maximum absolute atomic E-state index is 11.5. The first-order valence-corrected chi connectivity index (χ1v) is 6.07. The lowest BCUT2D eigenvalue weighted by molar-refractivity contribution is 0.0594. The van der Waals surface area contributed by atoms with E-state index in [-0.39, 0.29) is 0 Å². The van der Waals surface area contributed by atoms with Crippen LogP contribution in [-0.4, -0.2) is 27.8 Å². The van der Waals surface area contributed by atoms with Crippen LogP contribution in [0.4, 0.5) is 0 Å². The molecule has 6 heteroatoms. The van der Waals surface area contributed by atoms with Crippen molar-refractivity contribution in [3.8, 4) is 10.7 Å². The molecule has 0 spiro atoms. The number of nitrogens with zero attached hydrogens (tertiary/aromatic N) is 3. The summed E-state index contributed by atoms with van der Waals surface area (Å²) in [7, 11) is 1.36. The molecule has 2 rings (SSSR count). The molecule has 90 valence electrons. The fourth-order valence-electron chi connectivity index (χ4n) is 1.56. The zero-order chi connectivity index (χ0) is 12.4. The molecule has 0 atom stereocenters. The number of carbonyl (C=O) groups excluding carboxylic acids is 1. The monoisotopic (exact) mass is 251 g/mol. The van der Waals surface area contributed by atoms with Crippen molar-refractivity contribution in [3.05, 3.63) is 22.8 Å². The fraction of sp³-hybridized carbons (Fsp3) is 0.364. The van der Waals surface area contributed by atoms with Crippen molar-refractivity contribution in [2.45, 2.75) is 20.4 Å². The molecule has 0 saturated carbocycles. The minimum absolute atomic E-state index is 0.386. The molecule has 0 aliphatic carbocycles. The number of esters is 1. The highest BCUT2D eigenvalue weighted by Gasteiger charge is 2.18. The van der Waals surface area contributed by atoms with Gasteiger partial charge in [-0.25, -0.2) is 9.78 Å². The van der Waals surface area contributed by atoms with E-state index >= 15 is 0 Å². The lowest BCUT2D eigenvalue weighted by atomic mass is 10.4. The van der Waals surface area contributed by atoms with Gasteiger partial charge in [0.05, 0.1) is 12.8 Å². The summed E-state index contributed by atoms with van der Waals surface area (Å²) in [6, 6.07) is 1.89. The van der Waals surface area contributed by atoms with E-state index in [1.807, 2.05) is 24.6 Å². The van der Waals surface area contributed by atoms with Crippen LogP contribution >= 0.6 is 11.3 Å². The second-order valence-electron chi connectivity index (χ2n) is 3.45. The minimum atomic E-state index is -0.396. The summed E-state index contributed by atoms with van der Waals surface area (Å²) in [5, 5.41) is 4.98. The van der Waals surface area contributed by atoms with Crippen LogP contribution in [0, 0.1) is 6.92 Å². The summed E-state index contributed by atoms with van der Waals surface area (Å²) in [6.45, 7) is 4.65. The molecule has 0 amide bonds. The van der Waals surface area contributed by atoms with Crippen molar-refractivity contribution in [2.24, 2.45) is 0 Å². The SMILES string of the molecule is CCn1nccc1-c1nc(C(=O)OC)c(C)s1. The highest BCUT2D eigenvalue weighted by molar-refractivity contribution is 7.15. The van der Waals surface area contributed by atoms with Gasteiger partial charge in [0.25, 0.3) is 0 Å². The Labute approximate surface area is 103 Å². The molecular formula is C11H13N3O2S. The van der Waals surface area contributed by atoms with Crippen molar-refractivity contribution in [2.75, 3.05) is 7.11 Å². The van der Waals surface area contributed by atoms with Gasteiger partial charge in [-0.1, -0.05) is 0 Å². The van der Waals surface area contributed by atoms with Crippen molar-refractivity contribution in [3.63, 3.8) is 0 Å². The Balaban J connectivity index is 2.44. The van der Waals surface area contributed by atoms with Crippen LogP contribution < -0.4 is 0 Å². The number of thiazole rings is 1. The Kier molecular flexibility index (Phi) is 3.23. The molecule has 0 saturated heterocycles. The molecule has 2 heterocycles. The zero-order valence-corrected chi connectivity index (χ0v) is 10.7. The van der Waals surface area contributed by atoms with Crippen molar-refractivity contribution >= 4 is 17.3 Å². The van der Waals surface area contributed by atoms with Crippen molar-refractivity contribution < 1.29 is 9.53 Å². The zero-order valence-electron chi connectivity index (χ0n) is 9.93. The first-order valence-electron chi connectivity index (χ1n) is 5.25. The van der Waals surface area contributed by atoms with Crippen LogP contribution in [0.5, 0.6) is 0 Å². The standard InChI is InChI=1S/C11H13N3O2S/c1-4-14-8(5-6-12-14)10-13-9(7(2)17-10)11(15)16-3/h5-6H,4H2,1-3H3. The molecule has 0 aliphatic heterocycles. The van der Waals surface area contributed by atoms with Crippen molar-refractivity contribution in [1.82, 2.24) is 14.8 Å². The number of hydrogen-bond acceptors (Lipinski definition) is 5. The van der Waals surface area contributed by atoms with Gasteiger partial charge in [-0.15, -0.1) is 11.3 Å². The van der Waals surface area contributed by atoms with E-state index in [2.05, 4.69) is 14.8 Å². The highest BCUT2D eigenvalue weighted by Crippen LogP contribution is 2.27. The number of methoxy groups -OCH3 is 1. The second-order valence-corrected chi connectivity index (χ2v) is 4.65. The molecular weight excluding hydrogens is 238 g/mol. The smallest absolute Gasteiger partial charge is 0.357 e. The fourth-order valence-corrected chi connectivity index (χ4v) is 2.49. The van der Waals surface area contributed by atoms with E-state index in [0.717, 1.165) is 22.1 Å². The van der Waals surface area contributed by atoms with Gasteiger partial charge in [0.1, 0.15) is 5.01 Å². The van der Waals surface area contributed by atoms with Gasteiger partial charge in [0.15, 0.2) is 5.69 Å². The Morgan fingerprint density at radius 1 is 1.59 bits per heavy atom.